The minimum absolute atomic E-state index is 0.172. The van der Waals surface area contributed by atoms with Crippen LogP contribution >= 0.6 is 15.9 Å². The van der Waals surface area contributed by atoms with Crippen LogP contribution in [0, 0.1) is 0 Å². The molecule has 0 radical (unpaired) electrons. The molecule has 2 atom stereocenters. The number of ether oxygens (including phenoxy) is 3. The third-order valence-electron chi connectivity index (χ3n) is 4.49. The molecule has 1 aliphatic heterocycles. The highest BCUT2D eigenvalue weighted by Gasteiger charge is 2.35. The molecule has 6 heteroatoms. The first kappa shape index (κ1) is 19.5. The van der Waals surface area contributed by atoms with Gasteiger partial charge in [-0.3, -0.25) is 4.79 Å². The number of hydrogen-bond acceptors (Lipinski definition) is 4. The van der Waals surface area contributed by atoms with E-state index in [0.717, 1.165) is 21.5 Å². The molecule has 3 rings (SSSR count). The highest BCUT2D eigenvalue weighted by molar-refractivity contribution is 9.10. The Morgan fingerprint density at radius 1 is 1.22 bits per heavy atom. The van der Waals surface area contributed by atoms with Crippen molar-refractivity contribution < 1.29 is 19.0 Å². The van der Waals surface area contributed by atoms with Crippen molar-refractivity contribution in [2.24, 2.45) is 0 Å². The Labute approximate surface area is 168 Å². The normalized spacial score (nSPS) is 18.6. The van der Waals surface area contributed by atoms with Gasteiger partial charge in [-0.05, 0) is 63.2 Å². The van der Waals surface area contributed by atoms with Crippen molar-refractivity contribution in [3.63, 3.8) is 0 Å². The van der Waals surface area contributed by atoms with Crippen molar-refractivity contribution in [2.45, 2.75) is 44.9 Å². The average molecular weight is 434 g/mol. The minimum atomic E-state index is -0.619. The van der Waals surface area contributed by atoms with Crippen molar-refractivity contribution in [1.82, 2.24) is 5.32 Å². The lowest BCUT2D eigenvalue weighted by molar-refractivity contribution is -0.128. The first-order chi connectivity index (χ1) is 12.8. The maximum atomic E-state index is 12.7. The number of amides is 1. The van der Waals surface area contributed by atoms with E-state index < -0.39 is 6.10 Å². The van der Waals surface area contributed by atoms with Crippen LogP contribution in [0.3, 0.4) is 0 Å². The van der Waals surface area contributed by atoms with Crippen LogP contribution < -0.4 is 19.5 Å². The number of benzene rings is 2. The summed E-state index contributed by atoms with van der Waals surface area (Å²) in [5.41, 5.74) is 0.535. The van der Waals surface area contributed by atoms with E-state index in [1.165, 1.54) is 0 Å². The van der Waals surface area contributed by atoms with Crippen molar-refractivity contribution in [3.05, 3.63) is 52.5 Å². The van der Waals surface area contributed by atoms with Gasteiger partial charge in [0.25, 0.3) is 5.91 Å². The molecule has 144 valence electrons. The summed E-state index contributed by atoms with van der Waals surface area (Å²) in [4.78, 5) is 12.7. The van der Waals surface area contributed by atoms with E-state index in [1.54, 1.807) is 14.0 Å². The minimum Gasteiger partial charge on any atom is -0.497 e. The fourth-order valence-corrected chi connectivity index (χ4v) is 3.41. The number of carbonyl (C=O) groups excluding carboxylic acids is 1. The lowest BCUT2D eigenvalue weighted by Gasteiger charge is -2.38. The molecule has 0 saturated carbocycles. The van der Waals surface area contributed by atoms with Crippen LogP contribution in [0.4, 0.5) is 0 Å². The summed E-state index contributed by atoms with van der Waals surface area (Å²) < 4.78 is 18.1. The Morgan fingerprint density at radius 2 is 1.89 bits per heavy atom. The van der Waals surface area contributed by atoms with E-state index in [0.29, 0.717) is 12.2 Å². The molecule has 0 aliphatic carbocycles. The van der Waals surface area contributed by atoms with Crippen LogP contribution in [-0.4, -0.2) is 24.7 Å². The summed E-state index contributed by atoms with van der Waals surface area (Å²) in [6, 6.07) is 12.9. The summed E-state index contributed by atoms with van der Waals surface area (Å²) in [5.74, 6) is 1.97. The second kappa shape index (κ2) is 7.80. The van der Waals surface area contributed by atoms with Gasteiger partial charge in [-0.2, -0.15) is 0 Å². The summed E-state index contributed by atoms with van der Waals surface area (Å²) in [7, 11) is 1.62. The smallest absolute Gasteiger partial charge is 0.261 e. The summed E-state index contributed by atoms with van der Waals surface area (Å²) in [6.45, 7) is 5.77. The SMILES string of the molecule is COc1ccc2c(c1)[C@H](NC(=O)[C@@H](C)Oc1ccc(Br)cc1)CC(C)(C)O2. The number of rotatable bonds is 5. The van der Waals surface area contributed by atoms with Gasteiger partial charge in [0, 0.05) is 16.5 Å². The lowest BCUT2D eigenvalue weighted by Crippen LogP contribution is -2.44. The Kier molecular flexibility index (Phi) is 5.65. The van der Waals surface area contributed by atoms with Crippen LogP contribution in [0.5, 0.6) is 17.2 Å². The van der Waals surface area contributed by atoms with Gasteiger partial charge in [0.05, 0.1) is 13.2 Å². The Balaban J connectivity index is 1.75. The van der Waals surface area contributed by atoms with Gasteiger partial charge in [-0.1, -0.05) is 15.9 Å². The van der Waals surface area contributed by atoms with Gasteiger partial charge >= 0.3 is 0 Å². The van der Waals surface area contributed by atoms with Crippen molar-refractivity contribution in [1.29, 1.82) is 0 Å². The molecular formula is C21H24BrNO4. The molecule has 0 bridgehead atoms. The molecule has 0 fully saturated rings. The van der Waals surface area contributed by atoms with E-state index in [-0.39, 0.29) is 17.6 Å². The first-order valence-electron chi connectivity index (χ1n) is 8.87. The summed E-state index contributed by atoms with van der Waals surface area (Å²) in [5, 5.41) is 3.10. The van der Waals surface area contributed by atoms with Crippen LogP contribution in [0.2, 0.25) is 0 Å². The molecule has 0 saturated heterocycles. The number of carbonyl (C=O) groups is 1. The molecule has 1 N–H and O–H groups in total. The van der Waals surface area contributed by atoms with Crippen molar-refractivity contribution in [3.8, 4) is 17.2 Å². The van der Waals surface area contributed by atoms with E-state index in [4.69, 9.17) is 14.2 Å². The second-order valence-electron chi connectivity index (χ2n) is 7.24. The maximum Gasteiger partial charge on any atom is 0.261 e. The lowest BCUT2D eigenvalue weighted by atomic mass is 9.89. The largest absolute Gasteiger partial charge is 0.497 e. The Morgan fingerprint density at radius 3 is 2.56 bits per heavy atom. The monoisotopic (exact) mass is 433 g/mol. The topological polar surface area (TPSA) is 56.8 Å². The van der Waals surface area contributed by atoms with E-state index in [9.17, 15) is 4.79 Å². The van der Waals surface area contributed by atoms with E-state index >= 15 is 0 Å². The van der Waals surface area contributed by atoms with Gasteiger partial charge in [-0.15, -0.1) is 0 Å². The molecule has 0 unspecified atom stereocenters. The fourth-order valence-electron chi connectivity index (χ4n) is 3.15. The van der Waals surface area contributed by atoms with Gasteiger partial charge in [0.1, 0.15) is 22.8 Å². The number of halogens is 1. The van der Waals surface area contributed by atoms with Crippen LogP contribution in [-0.2, 0) is 4.79 Å². The quantitative estimate of drug-likeness (QED) is 0.745. The number of fused-ring (bicyclic) bond motifs is 1. The highest BCUT2D eigenvalue weighted by Crippen LogP contribution is 2.41. The van der Waals surface area contributed by atoms with Crippen LogP contribution in [0.15, 0.2) is 46.9 Å². The van der Waals surface area contributed by atoms with E-state index in [2.05, 4.69) is 21.2 Å². The molecule has 2 aromatic rings. The molecule has 5 nitrogen and oxygen atoms in total. The molecular weight excluding hydrogens is 410 g/mol. The Bertz CT molecular complexity index is 819. The third-order valence-corrected chi connectivity index (χ3v) is 5.02. The third kappa shape index (κ3) is 4.75. The van der Waals surface area contributed by atoms with Gasteiger partial charge < -0.3 is 19.5 Å². The molecule has 2 aromatic carbocycles. The standard InChI is InChI=1S/C21H24BrNO4/c1-13(26-15-7-5-14(22)6-8-15)20(24)23-18-12-21(2,3)27-19-10-9-16(25-4)11-17(18)19/h5-11,13,18H,12H2,1-4H3,(H,23,24)/t13-,18-/m1/s1. The molecule has 1 amide bonds. The molecule has 1 heterocycles. The van der Waals surface area contributed by atoms with Crippen molar-refractivity contribution >= 4 is 21.8 Å². The molecule has 27 heavy (non-hydrogen) atoms. The first-order valence-corrected chi connectivity index (χ1v) is 9.66. The number of methoxy groups -OCH3 is 1. The van der Waals surface area contributed by atoms with Crippen LogP contribution in [0.1, 0.15) is 38.8 Å². The second-order valence-corrected chi connectivity index (χ2v) is 8.16. The van der Waals surface area contributed by atoms with Gasteiger partial charge in [-0.25, -0.2) is 0 Å². The predicted molar refractivity (Wildman–Crippen MR) is 107 cm³/mol. The summed E-state index contributed by atoms with van der Waals surface area (Å²) >= 11 is 3.39. The van der Waals surface area contributed by atoms with Crippen LogP contribution in [0.25, 0.3) is 0 Å². The summed E-state index contributed by atoms with van der Waals surface area (Å²) in [6.07, 6.45) is 0.0374. The zero-order valence-corrected chi connectivity index (χ0v) is 17.5. The Hall–Kier alpha value is -2.21. The highest BCUT2D eigenvalue weighted by atomic mass is 79.9. The average Bonchev–Trinajstić information content (AvgIpc) is 2.62. The van der Waals surface area contributed by atoms with Gasteiger partial charge in [0.15, 0.2) is 6.10 Å². The maximum absolute atomic E-state index is 12.7. The number of nitrogens with one attached hydrogen (secondary N) is 1. The van der Waals surface area contributed by atoms with Gasteiger partial charge in [0.2, 0.25) is 0 Å². The van der Waals surface area contributed by atoms with Crippen molar-refractivity contribution in [2.75, 3.05) is 7.11 Å². The predicted octanol–water partition coefficient (Wildman–Crippen LogP) is 4.64. The fraction of sp³-hybridized carbons (Fsp3) is 0.381. The van der Waals surface area contributed by atoms with E-state index in [1.807, 2.05) is 56.3 Å². The zero-order valence-electron chi connectivity index (χ0n) is 15.9. The number of hydrogen-bond donors (Lipinski definition) is 1. The molecule has 0 spiro atoms. The zero-order chi connectivity index (χ0) is 19.6. The molecule has 1 aliphatic rings. The molecule has 0 aromatic heterocycles.